The molecule has 1 aromatic heterocycles. The molecule has 1 N–H and O–H groups in total. The Morgan fingerprint density at radius 1 is 1.53 bits per heavy atom. The summed E-state index contributed by atoms with van der Waals surface area (Å²) in [4.78, 5) is 0. The van der Waals surface area contributed by atoms with E-state index < -0.39 is 5.60 Å². The molecule has 19 heavy (non-hydrogen) atoms. The first-order valence-electron chi connectivity index (χ1n) is 7.69. The Hall–Kier alpha value is -0.830. The van der Waals surface area contributed by atoms with E-state index in [2.05, 4.69) is 31.9 Å². The normalized spacial score (nSPS) is 28.0. The predicted molar refractivity (Wildman–Crippen MR) is 78.1 cm³/mol. The van der Waals surface area contributed by atoms with Crippen LogP contribution in [0.1, 0.15) is 57.8 Å². The molecule has 1 aliphatic carbocycles. The molecule has 3 heteroatoms. The van der Waals surface area contributed by atoms with Gasteiger partial charge in [0.1, 0.15) is 0 Å². The smallest absolute Gasteiger partial charge is 0.0705 e. The van der Waals surface area contributed by atoms with E-state index >= 15 is 0 Å². The molecule has 0 aromatic carbocycles. The van der Waals surface area contributed by atoms with Crippen molar-refractivity contribution in [1.29, 1.82) is 0 Å². The minimum atomic E-state index is -0.521. The van der Waals surface area contributed by atoms with Crippen LogP contribution < -0.4 is 0 Å². The summed E-state index contributed by atoms with van der Waals surface area (Å²) in [7, 11) is 0. The van der Waals surface area contributed by atoms with Crippen LogP contribution in [0, 0.1) is 18.8 Å². The third-order valence-corrected chi connectivity index (χ3v) is 4.60. The summed E-state index contributed by atoms with van der Waals surface area (Å²) in [6, 6.07) is 2.13. The van der Waals surface area contributed by atoms with Gasteiger partial charge in [-0.2, -0.15) is 5.10 Å². The van der Waals surface area contributed by atoms with Gasteiger partial charge < -0.3 is 5.11 Å². The summed E-state index contributed by atoms with van der Waals surface area (Å²) < 4.78 is 2.03. The molecule has 108 valence electrons. The zero-order valence-electron chi connectivity index (χ0n) is 12.8. The van der Waals surface area contributed by atoms with Crippen LogP contribution in [-0.2, 0) is 13.0 Å². The standard InChI is InChI=1S/C16H28N2O/c1-5-18-15(9-13(4)17-18)11-16(19)8-6-7-14(10-16)12(2)3/h9,12,14,19H,5-8,10-11H2,1-4H3. The topological polar surface area (TPSA) is 38.0 Å². The van der Waals surface area contributed by atoms with Gasteiger partial charge in [0, 0.05) is 18.7 Å². The highest BCUT2D eigenvalue weighted by Crippen LogP contribution is 2.38. The number of hydrogen-bond acceptors (Lipinski definition) is 2. The highest BCUT2D eigenvalue weighted by molar-refractivity contribution is 5.12. The monoisotopic (exact) mass is 264 g/mol. The van der Waals surface area contributed by atoms with Crippen molar-refractivity contribution in [2.75, 3.05) is 0 Å². The van der Waals surface area contributed by atoms with Crippen molar-refractivity contribution in [3.8, 4) is 0 Å². The number of aryl methyl sites for hydroxylation is 2. The minimum absolute atomic E-state index is 0.521. The van der Waals surface area contributed by atoms with Gasteiger partial charge in [0.25, 0.3) is 0 Å². The van der Waals surface area contributed by atoms with Crippen molar-refractivity contribution < 1.29 is 5.11 Å². The number of nitrogens with zero attached hydrogens (tertiary/aromatic N) is 2. The van der Waals surface area contributed by atoms with Gasteiger partial charge in [0.05, 0.1) is 11.3 Å². The fourth-order valence-electron chi connectivity index (χ4n) is 3.47. The lowest BCUT2D eigenvalue weighted by molar-refractivity contribution is -0.0253. The highest BCUT2D eigenvalue weighted by atomic mass is 16.3. The number of hydrogen-bond donors (Lipinski definition) is 1. The SMILES string of the molecule is CCn1nc(C)cc1CC1(O)CCCC(C(C)C)C1. The fourth-order valence-corrected chi connectivity index (χ4v) is 3.47. The molecule has 1 aromatic rings. The molecule has 0 aliphatic heterocycles. The van der Waals surface area contributed by atoms with Crippen molar-refractivity contribution >= 4 is 0 Å². The maximum atomic E-state index is 10.9. The molecular weight excluding hydrogens is 236 g/mol. The van der Waals surface area contributed by atoms with Crippen molar-refractivity contribution in [3.63, 3.8) is 0 Å². The Balaban J connectivity index is 2.11. The van der Waals surface area contributed by atoms with Gasteiger partial charge in [-0.05, 0) is 51.0 Å². The van der Waals surface area contributed by atoms with E-state index in [1.165, 1.54) is 12.1 Å². The second kappa shape index (κ2) is 5.66. The second-order valence-electron chi connectivity index (χ2n) is 6.59. The molecule has 0 spiro atoms. The van der Waals surface area contributed by atoms with Gasteiger partial charge in [-0.25, -0.2) is 0 Å². The molecule has 2 atom stereocenters. The second-order valence-corrected chi connectivity index (χ2v) is 6.59. The molecule has 1 fully saturated rings. The molecule has 3 nitrogen and oxygen atoms in total. The largest absolute Gasteiger partial charge is 0.389 e. The lowest BCUT2D eigenvalue weighted by Crippen LogP contribution is -2.39. The van der Waals surface area contributed by atoms with E-state index in [-0.39, 0.29) is 0 Å². The summed E-state index contributed by atoms with van der Waals surface area (Å²) in [5, 5.41) is 15.4. The molecular formula is C16H28N2O. The number of rotatable bonds is 4. The number of aliphatic hydroxyl groups is 1. The van der Waals surface area contributed by atoms with E-state index in [0.29, 0.717) is 11.8 Å². The maximum Gasteiger partial charge on any atom is 0.0705 e. The Kier molecular flexibility index (Phi) is 4.34. The average Bonchev–Trinajstić information content (AvgIpc) is 2.68. The predicted octanol–water partition coefficient (Wildman–Crippen LogP) is 3.33. The molecule has 0 amide bonds. The minimum Gasteiger partial charge on any atom is -0.389 e. The molecule has 2 unspecified atom stereocenters. The Morgan fingerprint density at radius 2 is 2.26 bits per heavy atom. The van der Waals surface area contributed by atoms with Crippen LogP contribution in [0.3, 0.4) is 0 Å². The van der Waals surface area contributed by atoms with Crippen molar-refractivity contribution in [3.05, 3.63) is 17.5 Å². The van der Waals surface area contributed by atoms with Crippen molar-refractivity contribution in [2.24, 2.45) is 11.8 Å². The number of aromatic nitrogens is 2. The van der Waals surface area contributed by atoms with Crippen LogP contribution in [-0.4, -0.2) is 20.5 Å². The van der Waals surface area contributed by atoms with Crippen LogP contribution in [0.15, 0.2) is 6.07 Å². The fraction of sp³-hybridized carbons (Fsp3) is 0.812. The highest BCUT2D eigenvalue weighted by Gasteiger charge is 2.36. The Labute approximate surface area is 117 Å². The summed E-state index contributed by atoms with van der Waals surface area (Å²) in [6.07, 6.45) is 5.05. The third kappa shape index (κ3) is 3.38. The lowest BCUT2D eigenvalue weighted by atomic mass is 9.72. The molecule has 2 rings (SSSR count). The van der Waals surface area contributed by atoms with Crippen LogP contribution >= 0.6 is 0 Å². The van der Waals surface area contributed by atoms with Gasteiger partial charge in [0.2, 0.25) is 0 Å². The van der Waals surface area contributed by atoms with Crippen molar-refractivity contribution in [2.45, 2.75) is 71.9 Å². The Bertz CT molecular complexity index is 424. The first kappa shape index (κ1) is 14.6. The van der Waals surface area contributed by atoms with E-state index in [9.17, 15) is 5.11 Å². The first-order valence-corrected chi connectivity index (χ1v) is 7.69. The van der Waals surface area contributed by atoms with Gasteiger partial charge >= 0.3 is 0 Å². The molecule has 1 aliphatic rings. The molecule has 0 radical (unpaired) electrons. The van der Waals surface area contributed by atoms with Crippen molar-refractivity contribution in [1.82, 2.24) is 9.78 Å². The average molecular weight is 264 g/mol. The molecule has 0 bridgehead atoms. The van der Waals surface area contributed by atoms with Gasteiger partial charge in [-0.1, -0.05) is 20.3 Å². The lowest BCUT2D eigenvalue weighted by Gasteiger charge is -2.38. The van der Waals surface area contributed by atoms with Crippen LogP contribution in [0.5, 0.6) is 0 Å². The summed E-state index contributed by atoms with van der Waals surface area (Å²) in [5.41, 5.74) is 1.72. The first-order chi connectivity index (χ1) is 8.93. The van der Waals surface area contributed by atoms with E-state index in [0.717, 1.165) is 37.9 Å². The third-order valence-electron chi connectivity index (χ3n) is 4.60. The van der Waals surface area contributed by atoms with E-state index in [4.69, 9.17) is 0 Å². The molecule has 1 saturated carbocycles. The van der Waals surface area contributed by atoms with Gasteiger partial charge in [-0.15, -0.1) is 0 Å². The quantitative estimate of drug-likeness (QED) is 0.906. The summed E-state index contributed by atoms with van der Waals surface area (Å²) in [5.74, 6) is 1.34. The maximum absolute atomic E-state index is 10.9. The zero-order valence-corrected chi connectivity index (χ0v) is 12.8. The van der Waals surface area contributed by atoms with Crippen LogP contribution in [0.25, 0.3) is 0 Å². The van der Waals surface area contributed by atoms with Crippen LogP contribution in [0.2, 0.25) is 0 Å². The summed E-state index contributed by atoms with van der Waals surface area (Å²) in [6.45, 7) is 9.57. The molecule has 1 heterocycles. The van der Waals surface area contributed by atoms with Gasteiger partial charge in [0.15, 0.2) is 0 Å². The van der Waals surface area contributed by atoms with Gasteiger partial charge in [-0.3, -0.25) is 4.68 Å². The van der Waals surface area contributed by atoms with E-state index in [1.54, 1.807) is 0 Å². The van der Waals surface area contributed by atoms with E-state index in [1.807, 2.05) is 11.6 Å². The molecule has 0 saturated heterocycles. The zero-order chi connectivity index (χ0) is 14.0. The summed E-state index contributed by atoms with van der Waals surface area (Å²) >= 11 is 0. The van der Waals surface area contributed by atoms with Crippen LogP contribution in [0.4, 0.5) is 0 Å². The Morgan fingerprint density at radius 3 is 2.89 bits per heavy atom.